The fourth-order valence-electron chi connectivity index (χ4n) is 1.70. The highest BCUT2D eigenvalue weighted by Crippen LogP contribution is 2.28. The van der Waals surface area contributed by atoms with Gasteiger partial charge in [-0.05, 0) is 39.3 Å². The van der Waals surface area contributed by atoms with Crippen LogP contribution in [-0.4, -0.2) is 17.6 Å². The van der Waals surface area contributed by atoms with Crippen molar-refractivity contribution in [2.75, 3.05) is 11.4 Å². The SMILES string of the molecule is CCN(C(=O)C(C)(C)C#N)c1cc(O)ccc1C. The lowest BCUT2D eigenvalue weighted by Crippen LogP contribution is -2.40. The van der Waals surface area contributed by atoms with E-state index in [-0.39, 0.29) is 11.7 Å². The van der Waals surface area contributed by atoms with Gasteiger partial charge in [-0.1, -0.05) is 6.07 Å². The summed E-state index contributed by atoms with van der Waals surface area (Å²) < 4.78 is 0. The Morgan fingerprint density at radius 2 is 2.11 bits per heavy atom. The van der Waals surface area contributed by atoms with Crippen molar-refractivity contribution in [3.63, 3.8) is 0 Å². The molecule has 0 aliphatic rings. The Labute approximate surface area is 107 Å². The van der Waals surface area contributed by atoms with E-state index in [4.69, 9.17) is 5.26 Å². The molecule has 1 amide bonds. The van der Waals surface area contributed by atoms with Gasteiger partial charge in [0, 0.05) is 12.6 Å². The maximum absolute atomic E-state index is 12.3. The van der Waals surface area contributed by atoms with E-state index in [1.807, 2.05) is 19.9 Å². The second-order valence-corrected chi connectivity index (χ2v) is 4.76. The zero-order valence-electron chi connectivity index (χ0n) is 11.2. The van der Waals surface area contributed by atoms with Crippen molar-refractivity contribution in [1.82, 2.24) is 0 Å². The Kier molecular flexibility index (Phi) is 3.97. The number of carbonyl (C=O) groups is 1. The predicted molar refractivity (Wildman–Crippen MR) is 70.3 cm³/mol. The molecule has 0 aromatic heterocycles. The monoisotopic (exact) mass is 246 g/mol. The smallest absolute Gasteiger partial charge is 0.246 e. The Bertz CT molecular complexity index is 501. The predicted octanol–water partition coefficient (Wildman–Crippen LogP) is 2.60. The number of phenols is 1. The quantitative estimate of drug-likeness (QED) is 0.891. The summed E-state index contributed by atoms with van der Waals surface area (Å²) in [4.78, 5) is 13.8. The molecular weight excluding hydrogens is 228 g/mol. The fraction of sp³-hybridized carbons (Fsp3) is 0.429. The minimum atomic E-state index is -1.08. The van der Waals surface area contributed by atoms with Gasteiger partial charge in [-0.3, -0.25) is 4.79 Å². The van der Waals surface area contributed by atoms with Gasteiger partial charge in [0.2, 0.25) is 5.91 Å². The topological polar surface area (TPSA) is 64.3 Å². The van der Waals surface area contributed by atoms with Gasteiger partial charge >= 0.3 is 0 Å². The summed E-state index contributed by atoms with van der Waals surface area (Å²) in [5, 5.41) is 18.6. The molecule has 0 bridgehead atoms. The highest BCUT2D eigenvalue weighted by Gasteiger charge is 2.32. The van der Waals surface area contributed by atoms with Gasteiger partial charge in [-0.15, -0.1) is 0 Å². The second kappa shape index (κ2) is 5.09. The molecule has 0 saturated carbocycles. The number of amides is 1. The molecule has 18 heavy (non-hydrogen) atoms. The molecule has 1 rings (SSSR count). The average Bonchev–Trinajstić information content (AvgIpc) is 2.34. The van der Waals surface area contributed by atoms with Crippen LogP contribution in [0.3, 0.4) is 0 Å². The highest BCUT2D eigenvalue weighted by molar-refractivity contribution is 5.99. The van der Waals surface area contributed by atoms with Crippen molar-refractivity contribution in [1.29, 1.82) is 5.26 Å². The summed E-state index contributed by atoms with van der Waals surface area (Å²) in [5.74, 6) is -0.155. The van der Waals surface area contributed by atoms with Crippen LogP contribution in [0, 0.1) is 23.7 Å². The number of carbonyl (C=O) groups excluding carboxylic acids is 1. The molecule has 0 atom stereocenters. The maximum atomic E-state index is 12.3. The number of hydrogen-bond acceptors (Lipinski definition) is 3. The van der Waals surface area contributed by atoms with E-state index in [1.54, 1.807) is 32.0 Å². The molecule has 0 fully saturated rings. The van der Waals surface area contributed by atoms with Crippen LogP contribution >= 0.6 is 0 Å². The lowest BCUT2D eigenvalue weighted by molar-refractivity contribution is -0.124. The number of aromatic hydroxyl groups is 1. The van der Waals surface area contributed by atoms with Gasteiger partial charge in [0.1, 0.15) is 11.2 Å². The first kappa shape index (κ1) is 14.0. The molecule has 4 heteroatoms. The van der Waals surface area contributed by atoms with E-state index in [9.17, 15) is 9.90 Å². The molecule has 0 spiro atoms. The fourth-order valence-corrected chi connectivity index (χ4v) is 1.70. The molecule has 0 unspecified atom stereocenters. The minimum Gasteiger partial charge on any atom is -0.508 e. The van der Waals surface area contributed by atoms with Crippen LogP contribution in [0.1, 0.15) is 26.3 Å². The number of anilines is 1. The molecule has 4 nitrogen and oxygen atoms in total. The van der Waals surface area contributed by atoms with E-state index >= 15 is 0 Å². The third-order valence-corrected chi connectivity index (χ3v) is 2.86. The number of hydrogen-bond donors (Lipinski definition) is 1. The second-order valence-electron chi connectivity index (χ2n) is 4.76. The van der Waals surface area contributed by atoms with E-state index in [2.05, 4.69) is 0 Å². The van der Waals surface area contributed by atoms with Crippen LogP contribution in [0.5, 0.6) is 5.75 Å². The highest BCUT2D eigenvalue weighted by atomic mass is 16.3. The van der Waals surface area contributed by atoms with Gasteiger partial charge in [0.05, 0.1) is 11.8 Å². The summed E-state index contributed by atoms with van der Waals surface area (Å²) in [6.07, 6.45) is 0. The lowest BCUT2D eigenvalue weighted by atomic mass is 9.93. The van der Waals surface area contributed by atoms with E-state index in [0.29, 0.717) is 12.2 Å². The van der Waals surface area contributed by atoms with Crippen molar-refractivity contribution < 1.29 is 9.90 Å². The third kappa shape index (κ3) is 2.62. The van der Waals surface area contributed by atoms with Gasteiger partial charge in [0.15, 0.2) is 0 Å². The van der Waals surface area contributed by atoms with Gasteiger partial charge in [-0.25, -0.2) is 0 Å². The largest absolute Gasteiger partial charge is 0.508 e. The zero-order chi connectivity index (χ0) is 13.9. The summed E-state index contributed by atoms with van der Waals surface area (Å²) in [6.45, 7) is 7.35. The average molecular weight is 246 g/mol. The first-order valence-corrected chi connectivity index (χ1v) is 5.86. The lowest BCUT2D eigenvalue weighted by Gasteiger charge is -2.28. The number of benzene rings is 1. The van der Waals surface area contributed by atoms with Crippen molar-refractivity contribution in [2.24, 2.45) is 5.41 Å². The Hall–Kier alpha value is -2.02. The Morgan fingerprint density at radius 1 is 1.50 bits per heavy atom. The summed E-state index contributed by atoms with van der Waals surface area (Å²) in [6, 6.07) is 6.88. The number of aryl methyl sites for hydroxylation is 1. The number of phenolic OH excluding ortho intramolecular Hbond substituents is 1. The van der Waals surface area contributed by atoms with Crippen LogP contribution in [0.25, 0.3) is 0 Å². The number of nitriles is 1. The maximum Gasteiger partial charge on any atom is 0.246 e. The Balaban J connectivity index is 3.23. The summed E-state index contributed by atoms with van der Waals surface area (Å²) in [7, 11) is 0. The van der Waals surface area contributed by atoms with Crippen molar-refractivity contribution in [3.8, 4) is 11.8 Å². The molecule has 0 saturated heterocycles. The molecule has 1 aromatic carbocycles. The van der Waals surface area contributed by atoms with Crippen LogP contribution in [-0.2, 0) is 4.79 Å². The first-order chi connectivity index (χ1) is 8.33. The minimum absolute atomic E-state index is 0.108. The first-order valence-electron chi connectivity index (χ1n) is 5.86. The number of nitrogens with zero attached hydrogens (tertiary/aromatic N) is 2. The Morgan fingerprint density at radius 3 is 2.61 bits per heavy atom. The number of rotatable bonds is 3. The van der Waals surface area contributed by atoms with Crippen LogP contribution in [0.2, 0.25) is 0 Å². The zero-order valence-corrected chi connectivity index (χ0v) is 11.2. The summed E-state index contributed by atoms with van der Waals surface area (Å²) >= 11 is 0. The molecule has 0 aliphatic carbocycles. The van der Waals surface area contributed by atoms with Crippen molar-refractivity contribution >= 4 is 11.6 Å². The van der Waals surface area contributed by atoms with Gasteiger partial charge < -0.3 is 10.0 Å². The van der Waals surface area contributed by atoms with Crippen molar-refractivity contribution in [3.05, 3.63) is 23.8 Å². The van der Waals surface area contributed by atoms with Crippen LogP contribution in [0.15, 0.2) is 18.2 Å². The molecule has 0 heterocycles. The van der Waals surface area contributed by atoms with Gasteiger partial charge in [0.25, 0.3) is 0 Å². The molecule has 0 aliphatic heterocycles. The van der Waals surface area contributed by atoms with Gasteiger partial charge in [-0.2, -0.15) is 5.26 Å². The molecule has 96 valence electrons. The molecule has 0 radical (unpaired) electrons. The summed E-state index contributed by atoms with van der Waals surface area (Å²) in [5.41, 5.74) is 0.455. The van der Waals surface area contributed by atoms with E-state index in [0.717, 1.165) is 5.56 Å². The standard InChI is InChI=1S/C14H18N2O2/c1-5-16(13(18)14(3,4)9-15)12-8-11(17)7-6-10(12)2/h6-8,17H,5H2,1-4H3. The molecule has 1 aromatic rings. The van der Waals surface area contributed by atoms with Crippen LogP contribution in [0.4, 0.5) is 5.69 Å². The van der Waals surface area contributed by atoms with Crippen molar-refractivity contribution in [2.45, 2.75) is 27.7 Å². The van der Waals surface area contributed by atoms with Crippen LogP contribution < -0.4 is 4.90 Å². The van der Waals surface area contributed by atoms with E-state index < -0.39 is 5.41 Å². The molecular formula is C14H18N2O2. The molecule has 1 N–H and O–H groups in total. The van der Waals surface area contributed by atoms with E-state index in [1.165, 1.54) is 4.90 Å². The normalized spacial score (nSPS) is 10.8. The third-order valence-electron chi connectivity index (χ3n) is 2.86.